The summed E-state index contributed by atoms with van der Waals surface area (Å²) in [6.45, 7) is 2.65. The summed E-state index contributed by atoms with van der Waals surface area (Å²) in [4.78, 5) is 11.4. The van der Waals surface area contributed by atoms with Crippen molar-refractivity contribution in [2.24, 2.45) is 0 Å². The Bertz CT molecular complexity index is 793. The summed E-state index contributed by atoms with van der Waals surface area (Å²) in [6, 6.07) is 3.11. The van der Waals surface area contributed by atoms with Crippen molar-refractivity contribution >= 4 is 11.6 Å². The number of anilines is 1. The molecule has 0 aliphatic heterocycles. The van der Waals surface area contributed by atoms with Crippen LogP contribution in [0.15, 0.2) is 18.2 Å². The van der Waals surface area contributed by atoms with Gasteiger partial charge in [-0.05, 0) is 37.1 Å². The van der Waals surface area contributed by atoms with Gasteiger partial charge in [-0.1, -0.05) is 6.07 Å². The van der Waals surface area contributed by atoms with Crippen molar-refractivity contribution in [2.45, 2.75) is 49.6 Å². The van der Waals surface area contributed by atoms with Gasteiger partial charge in [0, 0.05) is 5.69 Å². The Morgan fingerprint density at radius 1 is 0.633 bits per heavy atom. The second-order valence-electron chi connectivity index (χ2n) is 6.20. The second-order valence-corrected chi connectivity index (χ2v) is 6.20. The van der Waals surface area contributed by atoms with Crippen molar-refractivity contribution in [3.63, 3.8) is 0 Å². The maximum atomic E-state index is 13.7. The van der Waals surface area contributed by atoms with E-state index in [-0.39, 0.29) is 11.1 Å². The Kier molecular flexibility index (Phi) is 6.18. The number of rotatable bonds is 6. The summed E-state index contributed by atoms with van der Waals surface area (Å²) in [5.41, 5.74) is -0.215. The predicted molar refractivity (Wildman–Crippen MR) is 75.3 cm³/mol. The molecular formula is C15H10F13NO. The first kappa shape index (κ1) is 25.8. The lowest BCUT2D eigenvalue weighted by atomic mass is 9.93. The molecule has 0 unspecified atom stereocenters. The third kappa shape index (κ3) is 3.77. The zero-order chi connectivity index (χ0) is 24.1. The molecule has 0 fully saturated rings. The molecule has 2 nitrogen and oxygen atoms in total. The molecule has 1 N–H and O–H groups in total. The van der Waals surface area contributed by atoms with Crippen LogP contribution in [-0.4, -0.2) is 41.7 Å². The van der Waals surface area contributed by atoms with Crippen LogP contribution >= 0.6 is 0 Å². The summed E-state index contributed by atoms with van der Waals surface area (Å²) in [6.07, 6.45) is -7.51. The fourth-order valence-electron chi connectivity index (χ4n) is 2.17. The Hall–Kier alpha value is -2.22. The van der Waals surface area contributed by atoms with Crippen LogP contribution in [0.2, 0.25) is 0 Å². The first-order valence-electron chi connectivity index (χ1n) is 7.39. The lowest BCUT2D eigenvalue weighted by Crippen LogP contribution is -2.71. The minimum Gasteiger partial charge on any atom is -0.321 e. The van der Waals surface area contributed by atoms with Gasteiger partial charge in [-0.25, -0.2) is 0 Å². The van der Waals surface area contributed by atoms with Gasteiger partial charge >= 0.3 is 41.7 Å². The second kappa shape index (κ2) is 7.18. The lowest BCUT2D eigenvalue weighted by molar-refractivity contribution is -0.435. The maximum absolute atomic E-state index is 13.7. The number of hydrogen-bond donors (Lipinski definition) is 1. The average Bonchev–Trinajstić information content (AvgIpc) is 2.51. The number of carbonyl (C=O) groups excluding carboxylic acids is 1. The number of carbonyl (C=O) groups is 1. The van der Waals surface area contributed by atoms with Crippen LogP contribution in [0, 0.1) is 13.8 Å². The zero-order valence-electron chi connectivity index (χ0n) is 14.6. The van der Waals surface area contributed by atoms with Crippen LogP contribution in [0.3, 0.4) is 0 Å². The van der Waals surface area contributed by atoms with Gasteiger partial charge in [0.1, 0.15) is 0 Å². The monoisotopic (exact) mass is 467 g/mol. The SMILES string of the molecule is Cc1cc(C)cc(NC(=O)C(F)(F)C(F)(F)C(F)(F)C(F)(F)C(F)(F)C(F)(F)F)c1. The van der Waals surface area contributed by atoms with E-state index in [0.717, 1.165) is 17.4 Å². The Labute approximate surface area is 159 Å². The number of nitrogens with one attached hydrogen (secondary N) is 1. The summed E-state index contributed by atoms with van der Waals surface area (Å²) in [5, 5.41) is 1.01. The molecule has 0 bridgehead atoms. The minimum absolute atomic E-state index is 0.238. The van der Waals surface area contributed by atoms with Crippen molar-refractivity contribution in [3.05, 3.63) is 29.3 Å². The smallest absolute Gasteiger partial charge is 0.321 e. The van der Waals surface area contributed by atoms with Gasteiger partial charge in [0.2, 0.25) is 0 Å². The van der Waals surface area contributed by atoms with Crippen LogP contribution < -0.4 is 5.32 Å². The molecule has 0 saturated heterocycles. The number of amides is 1. The summed E-state index contributed by atoms with van der Waals surface area (Å²) in [7, 11) is 0. The van der Waals surface area contributed by atoms with Gasteiger partial charge in [-0.2, -0.15) is 57.1 Å². The van der Waals surface area contributed by atoms with Crippen molar-refractivity contribution in [2.75, 3.05) is 5.32 Å². The molecular weight excluding hydrogens is 457 g/mol. The quantitative estimate of drug-likeness (QED) is 0.513. The molecule has 0 aliphatic carbocycles. The van der Waals surface area contributed by atoms with Gasteiger partial charge in [-0.3, -0.25) is 4.79 Å². The Morgan fingerprint density at radius 3 is 1.37 bits per heavy atom. The molecule has 0 aliphatic rings. The Morgan fingerprint density at radius 2 is 1.00 bits per heavy atom. The van der Waals surface area contributed by atoms with E-state index < -0.39 is 47.4 Å². The molecule has 30 heavy (non-hydrogen) atoms. The van der Waals surface area contributed by atoms with E-state index in [9.17, 15) is 61.9 Å². The van der Waals surface area contributed by atoms with Gasteiger partial charge in [0.05, 0.1) is 0 Å². The van der Waals surface area contributed by atoms with Crippen molar-refractivity contribution < 1.29 is 61.9 Å². The third-order valence-corrected chi connectivity index (χ3v) is 3.70. The highest BCUT2D eigenvalue weighted by molar-refractivity contribution is 5.97. The predicted octanol–water partition coefficient (Wildman–Crippen LogP) is 5.98. The molecule has 1 amide bonds. The van der Waals surface area contributed by atoms with Gasteiger partial charge in [-0.15, -0.1) is 0 Å². The van der Waals surface area contributed by atoms with E-state index in [2.05, 4.69) is 0 Å². The molecule has 0 spiro atoms. The molecule has 172 valence electrons. The summed E-state index contributed by atoms with van der Waals surface area (Å²) < 4.78 is 169. The highest BCUT2D eigenvalue weighted by atomic mass is 19.4. The number of benzene rings is 1. The lowest BCUT2D eigenvalue weighted by Gasteiger charge is -2.39. The van der Waals surface area contributed by atoms with Crippen LogP contribution in [0.1, 0.15) is 11.1 Å². The highest BCUT2D eigenvalue weighted by Crippen LogP contribution is 2.60. The van der Waals surface area contributed by atoms with Gasteiger partial charge in [0.15, 0.2) is 0 Å². The van der Waals surface area contributed by atoms with E-state index in [4.69, 9.17) is 0 Å². The van der Waals surface area contributed by atoms with E-state index in [1.54, 1.807) is 0 Å². The zero-order valence-corrected chi connectivity index (χ0v) is 14.6. The molecule has 1 rings (SSSR count). The largest absolute Gasteiger partial charge is 0.460 e. The van der Waals surface area contributed by atoms with E-state index >= 15 is 0 Å². The highest BCUT2D eigenvalue weighted by Gasteiger charge is 2.91. The average molecular weight is 467 g/mol. The molecule has 1 aromatic carbocycles. The van der Waals surface area contributed by atoms with Crippen molar-refractivity contribution in [3.8, 4) is 0 Å². The van der Waals surface area contributed by atoms with Crippen LogP contribution in [0.4, 0.5) is 62.8 Å². The first-order chi connectivity index (χ1) is 13.0. The fourth-order valence-corrected chi connectivity index (χ4v) is 2.17. The van der Waals surface area contributed by atoms with Gasteiger partial charge in [0.25, 0.3) is 0 Å². The first-order valence-corrected chi connectivity index (χ1v) is 7.39. The number of aryl methyl sites for hydroxylation is 2. The van der Waals surface area contributed by atoms with Crippen molar-refractivity contribution in [1.29, 1.82) is 0 Å². The van der Waals surface area contributed by atoms with Crippen LogP contribution in [-0.2, 0) is 4.79 Å². The third-order valence-electron chi connectivity index (χ3n) is 3.70. The number of alkyl halides is 13. The van der Waals surface area contributed by atoms with Crippen LogP contribution in [0.25, 0.3) is 0 Å². The molecule has 15 heteroatoms. The molecule has 1 aromatic rings. The topological polar surface area (TPSA) is 29.1 Å². The van der Waals surface area contributed by atoms with E-state index in [0.29, 0.717) is 0 Å². The van der Waals surface area contributed by atoms with E-state index in [1.807, 2.05) is 0 Å². The minimum atomic E-state index is -8.05. The fraction of sp³-hybridized carbons (Fsp3) is 0.533. The molecule has 0 atom stereocenters. The van der Waals surface area contributed by atoms with Gasteiger partial charge < -0.3 is 5.32 Å². The summed E-state index contributed by atoms with van der Waals surface area (Å²) >= 11 is 0. The maximum Gasteiger partial charge on any atom is 0.460 e. The number of halogens is 13. The molecule has 0 aromatic heterocycles. The molecule has 0 heterocycles. The Balaban J connectivity index is 3.42. The summed E-state index contributed by atoms with van der Waals surface area (Å²) in [5.74, 6) is -41.7. The molecule has 0 saturated carbocycles. The van der Waals surface area contributed by atoms with E-state index in [1.165, 1.54) is 19.9 Å². The number of hydrogen-bond acceptors (Lipinski definition) is 1. The van der Waals surface area contributed by atoms with Crippen LogP contribution in [0.5, 0.6) is 0 Å². The van der Waals surface area contributed by atoms with Crippen molar-refractivity contribution in [1.82, 2.24) is 0 Å². The molecule has 0 radical (unpaired) electrons. The standard InChI is InChI=1S/C15H10F13NO/c1-6-3-7(2)5-8(4-6)29-9(30)10(16,17)11(18,19)12(20,21)13(22,23)14(24,25)15(26,27)28/h3-5H,1-2H3,(H,29,30). The normalized spacial score (nSPS) is 14.6.